The van der Waals surface area contributed by atoms with Gasteiger partial charge in [0, 0.05) is 11.3 Å². The number of carbonyl (C=O) groups excluding carboxylic acids is 1. The molecule has 0 aliphatic carbocycles. The van der Waals surface area contributed by atoms with E-state index >= 15 is 0 Å². The molecule has 0 saturated heterocycles. The number of rotatable bonds is 3. The Morgan fingerprint density at radius 2 is 2.00 bits per heavy atom. The van der Waals surface area contributed by atoms with Gasteiger partial charge in [0.2, 0.25) is 11.8 Å². The van der Waals surface area contributed by atoms with E-state index in [-0.39, 0.29) is 12.3 Å². The number of aryl methyl sites for hydroxylation is 2. The molecule has 0 aliphatic heterocycles. The molecule has 0 atom stereocenters. The van der Waals surface area contributed by atoms with Gasteiger partial charge in [0.25, 0.3) is 0 Å². The van der Waals surface area contributed by atoms with E-state index < -0.39 is 0 Å². The van der Waals surface area contributed by atoms with Crippen molar-refractivity contribution in [2.24, 2.45) is 0 Å². The first kappa shape index (κ1) is 14.8. The highest BCUT2D eigenvalue weighted by atomic mass is 16.3. The zero-order chi connectivity index (χ0) is 16.4. The predicted octanol–water partition coefficient (Wildman–Crippen LogP) is 3.96. The minimum Gasteiger partial charge on any atom is -0.436 e. The van der Waals surface area contributed by atoms with Crippen LogP contribution in [0.25, 0.3) is 22.6 Å². The fourth-order valence-corrected chi connectivity index (χ4v) is 2.37. The standard InChI is InChI=1S/C18H15N3O2/c1-11-3-5-13(6-4-11)18-21-15-10-14(20-16(22)7-8-19)9-12(2)17(15)23-18/h3-6,9-10H,7H2,1-2H3,(H,20,22). The van der Waals surface area contributed by atoms with Gasteiger partial charge in [0.05, 0.1) is 6.07 Å². The van der Waals surface area contributed by atoms with Crippen molar-refractivity contribution in [3.63, 3.8) is 0 Å². The quantitative estimate of drug-likeness (QED) is 0.794. The molecule has 0 unspecified atom stereocenters. The number of hydrogen-bond donors (Lipinski definition) is 1. The van der Waals surface area contributed by atoms with E-state index in [1.54, 1.807) is 6.07 Å². The molecule has 1 heterocycles. The third-order valence-electron chi connectivity index (χ3n) is 3.50. The van der Waals surface area contributed by atoms with Crippen molar-refractivity contribution in [1.29, 1.82) is 5.26 Å². The predicted molar refractivity (Wildman–Crippen MR) is 87.8 cm³/mol. The number of carbonyl (C=O) groups is 1. The zero-order valence-corrected chi connectivity index (χ0v) is 12.9. The van der Waals surface area contributed by atoms with Crippen LogP contribution in [-0.2, 0) is 4.79 Å². The molecule has 1 N–H and O–H groups in total. The highest BCUT2D eigenvalue weighted by Crippen LogP contribution is 2.29. The summed E-state index contributed by atoms with van der Waals surface area (Å²) in [5, 5.41) is 11.2. The summed E-state index contributed by atoms with van der Waals surface area (Å²) < 4.78 is 5.86. The number of aromatic nitrogens is 1. The highest BCUT2D eigenvalue weighted by molar-refractivity contribution is 5.94. The normalized spacial score (nSPS) is 10.5. The fraction of sp³-hybridized carbons (Fsp3) is 0.167. The molecule has 0 saturated carbocycles. The zero-order valence-electron chi connectivity index (χ0n) is 12.9. The van der Waals surface area contributed by atoms with Crippen LogP contribution in [-0.4, -0.2) is 10.9 Å². The van der Waals surface area contributed by atoms with Gasteiger partial charge < -0.3 is 9.73 Å². The van der Waals surface area contributed by atoms with Crippen molar-refractivity contribution in [3.05, 3.63) is 47.5 Å². The van der Waals surface area contributed by atoms with Gasteiger partial charge in [-0.3, -0.25) is 4.79 Å². The lowest BCUT2D eigenvalue weighted by molar-refractivity contribution is -0.115. The molecular formula is C18H15N3O2. The molecule has 5 heteroatoms. The second-order valence-electron chi connectivity index (χ2n) is 5.41. The van der Waals surface area contributed by atoms with Gasteiger partial charge in [0.15, 0.2) is 5.58 Å². The van der Waals surface area contributed by atoms with E-state index in [0.717, 1.165) is 11.1 Å². The maximum absolute atomic E-state index is 11.5. The van der Waals surface area contributed by atoms with Crippen LogP contribution in [0.3, 0.4) is 0 Å². The van der Waals surface area contributed by atoms with Gasteiger partial charge in [-0.2, -0.15) is 5.26 Å². The van der Waals surface area contributed by atoms with Crippen LogP contribution < -0.4 is 5.32 Å². The first-order chi connectivity index (χ1) is 11.1. The van der Waals surface area contributed by atoms with Crippen molar-refractivity contribution in [1.82, 2.24) is 4.98 Å². The lowest BCUT2D eigenvalue weighted by Crippen LogP contribution is -2.10. The number of oxazole rings is 1. The van der Waals surface area contributed by atoms with Crippen LogP contribution in [0.15, 0.2) is 40.8 Å². The number of benzene rings is 2. The van der Waals surface area contributed by atoms with Crippen molar-refractivity contribution >= 4 is 22.7 Å². The summed E-state index contributed by atoms with van der Waals surface area (Å²) in [7, 11) is 0. The number of fused-ring (bicyclic) bond motifs is 1. The van der Waals surface area contributed by atoms with E-state index in [9.17, 15) is 4.79 Å². The number of anilines is 1. The van der Waals surface area contributed by atoms with Gasteiger partial charge >= 0.3 is 0 Å². The molecule has 3 rings (SSSR count). The Morgan fingerprint density at radius 3 is 2.70 bits per heavy atom. The molecule has 0 fully saturated rings. The van der Waals surface area contributed by atoms with E-state index in [1.807, 2.05) is 50.2 Å². The number of hydrogen-bond acceptors (Lipinski definition) is 4. The topological polar surface area (TPSA) is 78.9 Å². The van der Waals surface area contributed by atoms with Gasteiger partial charge in [-0.25, -0.2) is 4.98 Å². The van der Waals surface area contributed by atoms with Gasteiger partial charge in [-0.05, 0) is 43.7 Å². The summed E-state index contributed by atoms with van der Waals surface area (Å²) >= 11 is 0. The molecule has 5 nitrogen and oxygen atoms in total. The summed E-state index contributed by atoms with van der Waals surface area (Å²) in [5.74, 6) is 0.206. The van der Waals surface area contributed by atoms with E-state index in [4.69, 9.17) is 9.68 Å². The monoisotopic (exact) mass is 305 g/mol. The van der Waals surface area contributed by atoms with Crippen LogP contribution in [0.2, 0.25) is 0 Å². The lowest BCUT2D eigenvalue weighted by atomic mass is 10.1. The number of amides is 1. The average Bonchev–Trinajstić information content (AvgIpc) is 2.92. The smallest absolute Gasteiger partial charge is 0.238 e. The molecule has 0 radical (unpaired) electrons. The third-order valence-corrected chi connectivity index (χ3v) is 3.50. The molecule has 2 aromatic carbocycles. The van der Waals surface area contributed by atoms with Crippen LogP contribution >= 0.6 is 0 Å². The first-order valence-electron chi connectivity index (χ1n) is 7.22. The van der Waals surface area contributed by atoms with Crippen LogP contribution in [0.1, 0.15) is 17.5 Å². The molecule has 114 valence electrons. The Balaban J connectivity index is 1.99. The van der Waals surface area contributed by atoms with Crippen LogP contribution in [0.5, 0.6) is 0 Å². The Hall–Kier alpha value is -3.13. The molecular weight excluding hydrogens is 290 g/mol. The SMILES string of the molecule is Cc1ccc(-c2nc3cc(NC(=O)CC#N)cc(C)c3o2)cc1. The van der Waals surface area contributed by atoms with Crippen molar-refractivity contribution in [2.75, 3.05) is 5.32 Å². The van der Waals surface area contributed by atoms with Crippen LogP contribution in [0.4, 0.5) is 5.69 Å². The Bertz CT molecular complexity index is 918. The molecule has 0 aliphatic rings. The second-order valence-corrected chi connectivity index (χ2v) is 5.41. The summed E-state index contributed by atoms with van der Waals surface area (Å²) in [6, 6.07) is 13.3. The minimum absolute atomic E-state index is 0.176. The summed E-state index contributed by atoms with van der Waals surface area (Å²) in [5.41, 5.74) is 4.93. The second kappa shape index (κ2) is 5.93. The highest BCUT2D eigenvalue weighted by Gasteiger charge is 2.12. The maximum atomic E-state index is 11.5. The van der Waals surface area contributed by atoms with Gasteiger partial charge in [-0.1, -0.05) is 17.7 Å². The number of nitriles is 1. The number of nitrogens with zero attached hydrogens (tertiary/aromatic N) is 2. The number of nitrogens with one attached hydrogen (secondary N) is 1. The van der Waals surface area contributed by atoms with Crippen LogP contribution in [0, 0.1) is 25.2 Å². The first-order valence-corrected chi connectivity index (χ1v) is 7.22. The summed E-state index contributed by atoms with van der Waals surface area (Å²) in [6.07, 6.45) is -0.176. The summed E-state index contributed by atoms with van der Waals surface area (Å²) in [6.45, 7) is 3.92. The van der Waals surface area contributed by atoms with Crippen molar-refractivity contribution in [2.45, 2.75) is 20.3 Å². The van der Waals surface area contributed by atoms with Crippen molar-refractivity contribution in [3.8, 4) is 17.5 Å². The average molecular weight is 305 g/mol. The van der Waals surface area contributed by atoms with Gasteiger partial charge in [-0.15, -0.1) is 0 Å². The third kappa shape index (κ3) is 3.06. The molecule has 1 aromatic heterocycles. The fourth-order valence-electron chi connectivity index (χ4n) is 2.37. The largest absolute Gasteiger partial charge is 0.436 e. The Kier molecular flexibility index (Phi) is 3.82. The molecule has 0 spiro atoms. The molecule has 3 aromatic rings. The van der Waals surface area contributed by atoms with E-state index in [1.165, 1.54) is 5.56 Å². The minimum atomic E-state index is -0.339. The van der Waals surface area contributed by atoms with Gasteiger partial charge in [0.1, 0.15) is 11.9 Å². The molecule has 23 heavy (non-hydrogen) atoms. The molecule has 0 bridgehead atoms. The summed E-state index contributed by atoms with van der Waals surface area (Å²) in [4.78, 5) is 16.0. The van der Waals surface area contributed by atoms with E-state index in [0.29, 0.717) is 22.7 Å². The maximum Gasteiger partial charge on any atom is 0.238 e. The lowest BCUT2D eigenvalue weighted by Gasteiger charge is -2.03. The Labute approximate surface area is 133 Å². The van der Waals surface area contributed by atoms with Crippen molar-refractivity contribution < 1.29 is 9.21 Å². The Morgan fingerprint density at radius 1 is 1.26 bits per heavy atom. The molecule has 1 amide bonds. The van der Waals surface area contributed by atoms with E-state index in [2.05, 4.69) is 10.3 Å².